The molecular weight excluding hydrogens is 338 g/mol. The minimum atomic E-state index is 1.26. The molecular formula is C27H19N. The lowest BCUT2D eigenvalue weighted by atomic mass is 9.98. The molecule has 0 fully saturated rings. The molecule has 0 N–H and O–H groups in total. The van der Waals surface area contributed by atoms with Gasteiger partial charge in [-0.1, -0.05) is 60.7 Å². The molecule has 0 saturated heterocycles. The summed E-state index contributed by atoms with van der Waals surface area (Å²) in [5, 5.41) is 2.59. The highest BCUT2D eigenvalue weighted by Crippen LogP contribution is 2.39. The van der Waals surface area contributed by atoms with Crippen LogP contribution in [-0.2, 0) is 0 Å². The summed E-state index contributed by atoms with van der Waals surface area (Å²) in [5.41, 5.74) is 10.2. The summed E-state index contributed by atoms with van der Waals surface area (Å²) in [5.74, 6) is 0. The summed E-state index contributed by atoms with van der Waals surface area (Å²) in [7, 11) is 0. The van der Waals surface area contributed by atoms with Crippen molar-refractivity contribution in [2.75, 3.05) is 0 Å². The van der Waals surface area contributed by atoms with E-state index < -0.39 is 0 Å². The van der Waals surface area contributed by atoms with Gasteiger partial charge in [0.05, 0.1) is 16.6 Å². The van der Waals surface area contributed by atoms with Crippen LogP contribution in [0.3, 0.4) is 0 Å². The number of benzene rings is 3. The predicted octanol–water partition coefficient (Wildman–Crippen LogP) is 7.33. The second-order valence-electron chi connectivity index (χ2n) is 7.58. The fraction of sp³-hybridized carbons (Fsp3) is 0.0370. The average molecular weight is 357 g/mol. The van der Waals surface area contributed by atoms with Crippen LogP contribution in [-0.4, -0.2) is 4.40 Å². The minimum absolute atomic E-state index is 1.26. The highest BCUT2D eigenvalue weighted by Gasteiger charge is 2.16. The van der Waals surface area contributed by atoms with Gasteiger partial charge >= 0.3 is 0 Å². The summed E-state index contributed by atoms with van der Waals surface area (Å²) in [6, 6.07) is 35.2. The van der Waals surface area contributed by atoms with E-state index in [4.69, 9.17) is 0 Å². The summed E-state index contributed by atoms with van der Waals surface area (Å²) < 4.78 is 2.45. The van der Waals surface area contributed by atoms with Crippen LogP contribution in [0.15, 0.2) is 97.1 Å². The molecule has 28 heavy (non-hydrogen) atoms. The van der Waals surface area contributed by atoms with Crippen molar-refractivity contribution in [2.45, 2.75) is 6.92 Å². The zero-order valence-electron chi connectivity index (χ0n) is 15.7. The van der Waals surface area contributed by atoms with Gasteiger partial charge in [-0.25, -0.2) is 0 Å². The van der Waals surface area contributed by atoms with Crippen molar-refractivity contribution in [2.24, 2.45) is 0 Å². The smallest absolute Gasteiger partial charge is 0.0607 e. The summed E-state index contributed by atoms with van der Waals surface area (Å²) in [4.78, 5) is 0. The van der Waals surface area contributed by atoms with Gasteiger partial charge < -0.3 is 4.40 Å². The summed E-state index contributed by atoms with van der Waals surface area (Å²) in [6.07, 6.45) is 0. The normalized spacial score (nSPS) is 11.8. The van der Waals surface area contributed by atoms with Crippen molar-refractivity contribution in [3.63, 3.8) is 0 Å². The van der Waals surface area contributed by atoms with E-state index in [0.29, 0.717) is 0 Å². The minimum Gasteiger partial charge on any atom is -0.308 e. The molecule has 3 aromatic heterocycles. The van der Waals surface area contributed by atoms with E-state index in [0.717, 1.165) is 0 Å². The Morgan fingerprint density at radius 3 is 1.46 bits per heavy atom. The Hall–Kier alpha value is -3.58. The van der Waals surface area contributed by atoms with Gasteiger partial charge in [0.25, 0.3) is 0 Å². The monoisotopic (exact) mass is 357 g/mol. The molecule has 0 spiro atoms. The third-order valence-corrected chi connectivity index (χ3v) is 5.74. The van der Waals surface area contributed by atoms with Gasteiger partial charge in [-0.15, -0.1) is 0 Å². The molecule has 0 amide bonds. The Kier molecular flexibility index (Phi) is 3.15. The molecule has 0 bridgehead atoms. The van der Waals surface area contributed by atoms with Gasteiger partial charge in [0.1, 0.15) is 0 Å². The van der Waals surface area contributed by atoms with Gasteiger partial charge in [0.15, 0.2) is 0 Å². The van der Waals surface area contributed by atoms with Crippen LogP contribution in [0, 0.1) is 6.92 Å². The van der Waals surface area contributed by atoms with Crippen molar-refractivity contribution in [1.29, 1.82) is 0 Å². The number of pyridine rings is 2. The van der Waals surface area contributed by atoms with Crippen LogP contribution in [0.25, 0.3) is 49.6 Å². The Morgan fingerprint density at radius 2 is 1.00 bits per heavy atom. The Labute approximate surface area is 163 Å². The van der Waals surface area contributed by atoms with Crippen LogP contribution < -0.4 is 0 Å². The Morgan fingerprint density at radius 1 is 0.536 bits per heavy atom. The fourth-order valence-corrected chi connectivity index (χ4v) is 4.57. The molecule has 6 aromatic rings. The Balaban J connectivity index is 1.83. The molecule has 0 aliphatic carbocycles. The third-order valence-electron chi connectivity index (χ3n) is 5.74. The standard InChI is InChI=1S/C27H19N/c1-18-14-21-16-23(19-8-4-2-5-9-19)25-12-13-26-24(20-10-6-3-7-11-20)17-22(15-18)27(21)28(25)26/h2-17H,1H3. The zero-order chi connectivity index (χ0) is 18.7. The van der Waals surface area contributed by atoms with E-state index >= 15 is 0 Å². The lowest BCUT2D eigenvalue weighted by Gasteiger charge is -2.17. The first-order valence-corrected chi connectivity index (χ1v) is 9.71. The third kappa shape index (κ3) is 2.13. The van der Waals surface area contributed by atoms with E-state index in [1.165, 1.54) is 55.1 Å². The molecule has 0 saturated carbocycles. The number of aromatic nitrogens is 1. The van der Waals surface area contributed by atoms with Crippen molar-refractivity contribution in [3.8, 4) is 22.3 Å². The first-order chi connectivity index (χ1) is 13.8. The number of aryl methyl sites for hydroxylation is 1. The van der Waals surface area contributed by atoms with Gasteiger partial charge in [-0.3, -0.25) is 0 Å². The highest BCUT2D eigenvalue weighted by molar-refractivity contribution is 6.08. The molecule has 6 rings (SSSR count). The first-order valence-electron chi connectivity index (χ1n) is 9.71. The number of hydrogen-bond acceptors (Lipinski definition) is 0. The molecule has 0 unspecified atom stereocenters. The number of nitrogens with zero attached hydrogens (tertiary/aromatic N) is 1. The van der Waals surface area contributed by atoms with Crippen molar-refractivity contribution < 1.29 is 0 Å². The van der Waals surface area contributed by atoms with E-state index in [1.54, 1.807) is 0 Å². The molecule has 3 heterocycles. The van der Waals surface area contributed by atoms with Crippen molar-refractivity contribution in [3.05, 3.63) is 103 Å². The largest absolute Gasteiger partial charge is 0.308 e. The highest BCUT2D eigenvalue weighted by atomic mass is 14.9. The van der Waals surface area contributed by atoms with E-state index in [1.807, 2.05) is 0 Å². The van der Waals surface area contributed by atoms with Gasteiger partial charge in [-0.05, 0) is 60.0 Å². The van der Waals surface area contributed by atoms with Gasteiger partial charge in [0, 0.05) is 21.9 Å². The number of rotatable bonds is 2. The van der Waals surface area contributed by atoms with Crippen LogP contribution in [0.5, 0.6) is 0 Å². The fourth-order valence-electron chi connectivity index (χ4n) is 4.57. The summed E-state index contributed by atoms with van der Waals surface area (Å²) >= 11 is 0. The average Bonchev–Trinajstić information content (AvgIpc) is 3.18. The predicted molar refractivity (Wildman–Crippen MR) is 119 cm³/mol. The van der Waals surface area contributed by atoms with Crippen LogP contribution in [0.1, 0.15) is 5.56 Å². The SMILES string of the molecule is Cc1cc2cc(-c3ccccc3)c3ccc4c(-c5ccccc5)cc(c1)c2n34. The molecule has 0 radical (unpaired) electrons. The molecule has 0 aliphatic rings. The first kappa shape index (κ1) is 15.5. The van der Waals surface area contributed by atoms with Crippen LogP contribution in [0.4, 0.5) is 0 Å². The van der Waals surface area contributed by atoms with Gasteiger partial charge in [0.2, 0.25) is 0 Å². The van der Waals surface area contributed by atoms with E-state index in [-0.39, 0.29) is 0 Å². The molecule has 132 valence electrons. The molecule has 0 aliphatic heterocycles. The van der Waals surface area contributed by atoms with E-state index in [9.17, 15) is 0 Å². The second kappa shape index (κ2) is 5.71. The van der Waals surface area contributed by atoms with Gasteiger partial charge in [-0.2, -0.15) is 0 Å². The molecule has 1 nitrogen and oxygen atoms in total. The van der Waals surface area contributed by atoms with Crippen LogP contribution in [0.2, 0.25) is 0 Å². The van der Waals surface area contributed by atoms with Crippen molar-refractivity contribution >= 4 is 27.3 Å². The molecule has 0 atom stereocenters. The lowest BCUT2D eigenvalue weighted by Crippen LogP contribution is -1.96. The maximum Gasteiger partial charge on any atom is 0.0607 e. The molecule has 3 aromatic carbocycles. The Bertz CT molecular complexity index is 1330. The zero-order valence-corrected chi connectivity index (χ0v) is 15.7. The van der Waals surface area contributed by atoms with Crippen LogP contribution >= 0.6 is 0 Å². The summed E-state index contributed by atoms with van der Waals surface area (Å²) in [6.45, 7) is 2.18. The molecule has 1 heteroatoms. The maximum absolute atomic E-state index is 2.45. The quantitative estimate of drug-likeness (QED) is 0.306. The lowest BCUT2D eigenvalue weighted by molar-refractivity contribution is 1.32. The topological polar surface area (TPSA) is 4.41 Å². The maximum atomic E-state index is 2.45. The number of hydrogen-bond donors (Lipinski definition) is 0. The van der Waals surface area contributed by atoms with E-state index in [2.05, 4.69) is 108 Å². The second-order valence-corrected chi connectivity index (χ2v) is 7.58. The van der Waals surface area contributed by atoms with Crippen molar-refractivity contribution in [1.82, 2.24) is 4.40 Å².